The fourth-order valence-electron chi connectivity index (χ4n) is 1.45. The minimum atomic E-state index is -3.84. The van der Waals surface area contributed by atoms with Gasteiger partial charge in [-0.1, -0.05) is 6.42 Å². The van der Waals surface area contributed by atoms with E-state index in [1.807, 2.05) is 0 Å². The normalized spacial score (nSPS) is 33.6. The van der Waals surface area contributed by atoms with E-state index < -0.39 is 15.4 Å². The Bertz CT molecular complexity index is 224. The van der Waals surface area contributed by atoms with Crippen LogP contribution < -0.4 is 5.73 Å². The smallest absolute Gasteiger partial charge is 0.267 e. The molecule has 1 aliphatic carbocycles. The van der Waals surface area contributed by atoms with Crippen LogP contribution in [0.15, 0.2) is 0 Å². The molecular weight excluding hydrogens is 166 g/mol. The molecular formula is C6H13NO3S. The van der Waals surface area contributed by atoms with Crippen molar-refractivity contribution in [2.75, 3.05) is 0 Å². The molecule has 1 saturated carbocycles. The second kappa shape index (κ2) is 3.08. The van der Waals surface area contributed by atoms with E-state index in [-0.39, 0.29) is 6.04 Å². The zero-order chi connectivity index (χ0) is 8.48. The third-order valence-corrected chi connectivity index (χ3v) is 3.36. The number of nitrogens with two attached hydrogens (primary N) is 1. The Hall–Kier alpha value is -0.130. The molecule has 0 amide bonds. The zero-order valence-corrected chi connectivity index (χ0v) is 7.05. The van der Waals surface area contributed by atoms with E-state index in [0.29, 0.717) is 12.8 Å². The molecule has 1 aliphatic rings. The van der Waals surface area contributed by atoms with Gasteiger partial charge in [-0.2, -0.15) is 8.42 Å². The van der Waals surface area contributed by atoms with Crippen molar-refractivity contribution < 1.29 is 13.0 Å². The molecule has 66 valence electrons. The predicted molar refractivity (Wildman–Crippen MR) is 41.8 cm³/mol. The summed E-state index contributed by atoms with van der Waals surface area (Å²) in [5.41, 5.74) is 5.55. The Morgan fingerprint density at radius 2 is 2.00 bits per heavy atom. The second-order valence-corrected chi connectivity index (χ2v) is 4.76. The molecule has 5 heteroatoms. The third-order valence-electron chi connectivity index (χ3n) is 2.09. The van der Waals surface area contributed by atoms with Gasteiger partial charge in [-0.25, -0.2) is 0 Å². The minimum absolute atomic E-state index is 0.0596. The summed E-state index contributed by atoms with van der Waals surface area (Å²) >= 11 is 0. The fourth-order valence-corrected chi connectivity index (χ4v) is 2.41. The molecule has 0 aromatic heterocycles. The highest BCUT2D eigenvalue weighted by Gasteiger charge is 2.28. The van der Waals surface area contributed by atoms with Gasteiger partial charge in [-0.15, -0.1) is 0 Å². The van der Waals surface area contributed by atoms with Crippen LogP contribution in [-0.2, 0) is 10.1 Å². The molecule has 1 rings (SSSR count). The Balaban J connectivity index is 2.60. The van der Waals surface area contributed by atoms with Crippen LogP contribution in [0, 0.1) is 0 Å². The highest BCUT2D eigenvalue weighted by molar-refractivity contribution is 7.86. The van der Waals surface area contributed by atoms with E-state index in [4.69, 9.17) is 10.3 Å². The Labute approximate surface area is 66.5 Å². The molecule has 1 unspecified atom stereocenters. The molecule has 0 aromatic carbocycles. The lowest BCUT2D eigenvalue weighted by Crippen LogP contribution is -2.34. The van der Waals surface area contributed by atoms with Crippen molar-refractivity contribution in [2.45, 2.75) is 37.0 Å². The van der Waals surface area contributed by atoms with Gasteiger partial charge < -0.3 is 5.73 Å². The van der Waals surface area contributed by atoms with Crippen LogP contribution in [0.25, 0.3) is 0 Å². The molecule has 0 bridgehead atoms. The molecule has 4 nitrogen and oxygen atoms in total. The quantitative estimate of drug-likeness (QED) is 0.561. The van der Waals surface area contributed by atoms with Crippen LogP contribution in [0.2, 0.25) is 0 Å². The molecule has 0 saturated heterocycles. The Morgan fingerprint density at radius 3 is 2.36 bits per heavy atom. The topological polar surface area (TPSA) is 80.4 Å². The molecule has 3 N–H and O–H groups in total. The van der Waals surface area contributed by atoms with Crippen molar-refractivity contribution in [3.8, 4) is 0 Å². The van der Waals surface area contributed by atoms with Crippen molar-refractivity contribution in [1.82, 2.24) is 0 Å². The maximum atomic E-state index is 10.6. The molecule has 11 heavy (non-hydrogen) atoms. The summed E-state index contributed by atoms with van der Waals surface area (Å²) < 4.78 is 29.9. The number of hydrogen-bond donors (Lipinski definition) is 2. The van der Waals surface area contributed by atoms with Gasteiger partial charge in [0.25, 0.3) is 10.1 Å². The van der Waals surface area contributed by atoms with Gasteiger partial charge in [-0.3, -0.25) is 4.55 Å². The van der Waals surface area contributed by atoms with Crippen LogP contribution in [0.3, 0.4) is 0 Å². The zero-order valence-electron chi connectivity index (χ0n) is 6.23. The van der Waals surface area contributed by atoms with Gasteiger partial charge in [-0.05, 0) is 19.3 Å². The highest BCUT2D eigenvalue weighted by atomic mass is 32.2. The van der Waals surface area contributed by atoms with Gasteiger partial charge in [0.15, 0.2) is 0 Å². The van der Waals surface area contributed by atoms with E-state index >= 15 is 0 Å². The van der Waals surface area contributed by atoms with Crippen LogP contribution >= 0.6 is 0 Å². The van der Waals surface area contributed by atoms with Gasteiger partial charge in [0.2, 0.25) is 0 Å². The van der Waals surface area contributed by atoms with Crippen molar-refractivity contribution in [3.05, 3.63) is 0 Å². The van der Waals surface area contributed by atoms with Crippen molar-refractivity contribution >= 4 is 10.1 Å². The first-order valence-corrected chi connectivity index (χ1v) is 5.22. The number of rotatable bonds is 1. The molecule has 0 radical (unpaired) electrons. The third kappa shape index (κ3) is 2.43. The lowest BCUT2D eigenvalue weighted by Gasteiger charge is -2.23. The van der Waals surface area contributed by atoms with Crippen LogP contribution in [0.4, 0.5) is 0 Å². The lowest BCUT2D eigenvalue weighted by atomic mass is 9.96. The lowest BCUT2D eigenvalue weighted by molar-refractivity contribution is 0.398. The molecule has 0 aliphatic heterocycles. The average Bonchev–Trinajstić information content (AvgIpc) is 1.86. The Kier molecular flexibility index (Phi) is 2.51. The van der Waals surface area contributed by atoms with Gasteiger partial charge in [0.05, 0.1) is 5.25 Å². The monoisotopic (exact) mass is 179 g/mol. The minimum Gasteiger partial charge on any atom is -0.328 e. The van der Waals surface area contributed by atoms with Crippen LogP contribution in [0.5, 0.6) is 0 Å². The van der Waals surface area contributed by atoms with Crippen LogP contribution in [-0.4, -0.2) is 24.3 Å². The van der Waals surface area contributed by atoms with Crippen molar-refractivity contribution in [2.24, 2.45) is 5.73 Å². The summed E-state index contributed by atoms with van der Waals surface area (Å²) in [6.45, 7) is 0. The van der Waals surface area contributed by atoms with E-state index in [1.54, 1.807) is 0 Å². The largest absolute Gasteiger partial charge is 0.328 e. The predicted octanol–water partition coefficient (Wildman–Crippen LogP) is 0.144. The van der Waals surface area contributed by atoms with E-state index in [9.17, 15) is 8.42 Å². The van der Waals surface area contributed by atoms with Crippen molar-refractivity contribution in [3.63, 3.8) is 0 Å². The SMILES string of the molecule is N[C@H]1CCCC(S(=O)(=O)O)C1. The summed E-state index contributed by atoms with van der Waals surface area (Å²) in [6.07, 6.45) is 2.61. The first-order chi connectivity index (χ1) is 5.00. The summed E-state index contributed by atoms with van der Waals surface area (Å²) in [5, 5.41) is -0.619. The van der Waals surface area contributed by atoms with E-state index in [1.165, 1.54) is 0 Å². The molecule has 1 fully saturated rings. The highest BCUT2D eigenvalue weighted by Crippen LogP contribution is 2.22. The van der Waals surface area contributed by atoms with Gasteiger partial charge >= 0.3 is 0 Å². The first-order valence-electron chi connectivity index (χ1n) is 3.72. The number of hydrogen-bond acceptors (Lipinski definition) is 3. The summed E-state index contributed by atoms with van der Waals surface area (Å²) in [6, 6.07) is -0.0596. The van der Waals surface area contributed by atoms with Gasteiger partial charge in [0, 0.05) is 6.04 Å². The van der Waals surface area contributed by atoms with Gasteiger partial charge in [0.1, 0.15) is 0 Å². The summed E-state index contributed by atoms with van der Waals surface area (Å²) in [5.74, 6) is 0. The van der Waals surface area contributed by atoms with E-state index in [0.717, 1.165) is 12.8 Å². The van der Waals surface area contributed by atoms with Crippen LogP contribution in [0.1, 0.15) is 25.7 Å². The summed E-state index contributed by atoms with van der Waals surface area (Å²) in [7, 11) is -3.84. The standard InChI is InChI=1S/C6H13NO3S/c7-5-2-1-3-6(4-5)11(8,9)10/h5-6H,1-4,7H2,(H,8,9,10)/t5-,6?/m0/s1. The average molecular weight is 179 g/mol. The summed E-state index contributed by atoms with van der Waals surface area (Å²) in [4.78, 5) is 0. The molecule has 0 heterocycles. The fraction of sp³-hybridized carbons (Fsp3) is 1.00. The van der Waals surface area contributed by atoms with E-state index in [2.05, 4.69) is 0 Å². The Morgan fingerprint density at radius 1 is 1.36 bits per heavy atom. The molecule has 2 atom stereocenters. The first kappa shape index (κ1) is 8.96. The second-order valence-electron chi connectivity index (χ2n) is 3.06. The molecule has 0 spiro atoms. The maximum absolute atomic E-state index is 10.6. The van der Waals surface area contributed by atoms with Crippen molar-refractivity contribution in [1.29, 1.82) is 0 Å². The maximum Gasteiger partial charge on any atom is 0.267 e. The molecule has 0 aromatic rings.